The monoisotopic (exact) mass is 367 g/mol. The first-order chi connectivity index (χ1) is 10.2. The number of thioether (sulfide) groups is 1. The Bertz CT molecular complexity index is 567. The predicted octanol–water partition coefficient (Wildman–Crippen LogP) is 4.26. The number of methoxy groups -OCH3 is 2. The minimum absolute atomic E-state index is 0.162. The number of nitrogens with two attached hydrogens (primary N) is 1. The van der Waals surface area contributed by atoms with Crippen LogP contribution in [-0.4, -0.2) is 20.0 Å². The van der Waals surface area contributed by atoms with Crippen LogP contribution in [-0.2, 0) is 0 Å². The van der Waals surface area contributed by atoms with Gasteiger partial charge in [-0.05, 0) is 36.4 Å². The third-order valence-electron chi connectivity index (χ3n) is 3.08. The van der Waals surface area contributed by atoms with Crippen LogP contribution in [0.1, 0.15) is 11.6 Å². The first-order valence-corrected chi connectivity index (χ1v) is 8.28. The predicted molar refractivity (Wildman–Crippen MR) is 91.3 cm³/mol. The minimum Gasteiger partial charge on any atom is -0.496 e. The van der Waals surface area contributed by atoms with Gasteiger partial charge in [-0.25, -0.2) is 0 Å². The zero-order valence-corrected chi connectivity index (χ0v) is 14.4. The Kier molecular flexibility index (Phi) is 5.96. The van der Waals surface area contributed by atoms with E-state index in [1.54, 1.807) is 26.0 Å². The number of halogens is 1. The fourth-order valence-corrected chi connectivity index (χ4v) is 3.18. The minimum atomic E-state index is -0.162. The number of rotatable bonds is 6. The molecule has 2 aromatic rings. The molecule has 0 aliphatic rings. The maximum Gasteiger partial charge on any atom is 0.127 e. The van der Waals surface area contributed by atoms with Crippen LogP contribution in [0.25, 0.3) is 0 Å². The van der Waals surface area contributed by atoms with Gasteiger partial charge in [0.25, 0.3) is 0 Å². The molecule has 0 radical (unpaired) electrons. The number of hydrogen-bond acceptors (Lipinski definition) is 4. The van der Waals surface area contributed by atoms with Crippen LogP contribution in [0.3, 0.4) is 0 Å². The Morgan fingerprint density at radius 2 is 1.62 bits per heavy atom. The Hall–Kier alpha value is -1.17. The van der Waals surface area contributed by atoms with Crippen molar-refractivity contribution in [2.75, 3.05) is 20.0 Å². The molecule has 5 heteroatoms. The van der Waals surface area contributed by atoms with Crippen molar-refractivity contribution in [2.24, 2.45) is 5.73 Å². The Balaban J connectivity index is 2.12. The lowest BCUT2D eigenvalue weighted by Crippen LogP contribution is -2.15. The molecule has 2 rings (SSSR count). The van der Waals surface area contributed by atoms with Gasteiger partial charge in [0.1, 0.15) is 11.5 Å². The third-order valence-corrected chi connectivity index (χ3v) is 4.74. The van der Waals surface area contributed by atoms with Gasteiger partial charge in [0.05, 0.1) is 19.8 Å². The molecule has 0 spiro atoms. The number of ether oxygens (including phenoxy) is 2. The van der Waals surface area contributed by atoms with Crippen LogP contribution in [0.4, 0.5) is 0 Å². The first kappa shape index (κ1) is 16.2. The summed E-state index contributed by atoms with van der Waals surface area (Å²) in [5.74, 6) is 2.27. The fraction of sp³-hybridized carbons (Fsp3) is 0.250. The highest BCUT2D eigenvalue weighted by Gasteiger charge is 2.17. The van der Waals surface area contributed by atoms with E-state index in [0.717, 1.165) is 27.3 Å². The second kappa shape index (κ2) is 7.73. The molecule has 0 fully saturated rings. The van der Waals surface area contributed by atoms with Gasteiger partial charge >= 0.3 is 0 Å². The highest BCUT2D eigenvalue weighted by Crippen LogP contribution is 2.35. The van der Waals surface area contributed by atoms with Gasteiger partial charge in [0.2, 0.25) is 0 Å². The second-order valence-corrected chi connectivity index (χ2v) is 6.46. The van der Waals surface area contributed by atoms with E-state index in [-0.39, 0.29) is 6.04 Å². The summed E-state index contributed by atoms with van der Waals surface area (Å²) in [6.45, 7) is 0. The molecule has 2 N–H and O–H groups in total. The van der Waals surface area contributed by atoms with E-state index in [1.165, 1.54) is 4.90 Å². The van der Waals surface area contributed by atoms with Crippen molar-refractivity contribution in [1.29, 1.82) is 0 Å². The van der Waals surface area contributed by atoms with E-state index >= 15 is 0 Å². The molecular formula is C16H18BrNO2S. The molecule has 0 bridgehead atoms. The molecule has 2 aromatic carbocycles. The van der Waals surface area contributed by atoms with E-state index in [2.05, 4.69) is 28.1 Å². The molecule has 0 heterocycles. The summed E-state index contributed by atoms with van der Waals surface area (Å²) < 4.78 is 11.9. The van der Waals surface area contributed by atoms with Crippen LogP contribution in [0.2, 0.25) is 0 Å². The summed E-state index contributed by atoms with van der Waals surface area (Å²) in [7, 11) is 3.29. The highest BCUT2D eigenvalue weighted by atomic mass is 79.9. The molecule has 0 saturated heterocycles. The molecular weight excluding hydrogens is 350 g/mol. The van der Waals surface area contributed by atoms with Crippen molar-refractivity contribution < 1.29 is 9.47 Å². The molecule has 0 amide bonds. The van der Waals surface area contributed by atoms with Crippen LogP contribution < -0.4 is 15.2 Å². The normalized spacial score (nSPS) is 12.0. The van der Waals surface area contributed by atoms with Crippen molar-refractivity contribution >= 4 is 27.7 Å². The summed E-state index contributed by atoms with van der Waals surface area (Å²) >= 11 is 5.15. The zero-order chi connectivity index (χ0) is 15.2. The fourth-order valence-electron chi connectivity index (χ4n) is 2.05. The van der Waals surface area contributed by atoms with Gasteiger partial charge in [-0.1, -0.05) is 22.0 Å². The zero-order valence-electron chi connectivity index (χ0n) is 12.0. The van der Waals surface area contributed by atoms with Crippen molar-refractivity contribution in [3.63, 3.8) is 0 Å². The summed E-state index contributed by atoms with van der Waals surface area (Å²) in [5.41, 5.74) is 7.24. The molecule has 0 aliphatic carbocycles. The summed E-state index contributed by atoms with van der Waals surface area (Å²) in [6, 6.07) is 13.7. The number of benzene rings is 2. The number of hydrogen-bond donors (Lipinski definition) is 1. The average molecular weight is 368 g/mol. The standard InChI is InChI=1S/C16H18BrNO2S/c1-19-14-4-3-5-15(20-2)16(14)13(18)10-21-12-8-6-11(17)7-9-12/h3-9,13H,10,18H2,1-2H3. The molecule has 1 unspecified atom stereocenters. The highest BCUT2D eigenvalue weighted by molar-refractivity contribution is 9.10. The quantitative estimate of drug-likeness (QED) is 0.774. The van der Waals surface area contributed by atoms with Crippen LogP contribution >= 0.6 is 27.7 Å². The second-order valence-electron chi connectivity index (χ2n) is 4.45. The molecule has 3 nitrogen and oxygen atoms in total. The smallest absolute Gasteiger partial charge is 0.127 e. The molecule has 0 aromatic heterocycles. The van der Waals surface area contributed by atoms with E-state index in [4.69, 9.17) is 15.2 Å². The maximum absolute atomic E-state index is 6.34. The molecule has 0 aliphatic heterocycles. The Morgan fingerprint density at radius 1 is 1.05 bits per heavy atom. The summed E-state index contributed by atoms with van der Waals surface area (Å²) in [4.78, 5) is 1.18. The van der Waals surface area contributed by atoms with Crippen molar-refractivity contribution in [3.05, 3.63) is 52.5 Å². The van der Waals surface area contributed by atoms with E-state index in [9.17, 15) is 0 Å². The van der Waals surface area contributed by atoms with Gasteiger partial charge in [0.15, 0.2) is 0 Å². The molecule has 1 atom stereocenters. The molecule has 21 heavy (non-hydrogen) atoms. The van der Waals surface area contributed by atoms with Crippen molar-refractivity contribution in [2.45, 2.75) is 10.9 Å². The lowest BCUT2D eigenvalue weighted by atomic mass is 10.1. The Morgan fingerprint density at radius 3 is 2.14 bits per heavy atom. The van der Waals surface area contributed by atoms with E-state index in [0.29, 0.717) is 0 Å². The van der Waals surface area contributed by atoms with Crippen molar-refractivity contribution in [3.8, 4) is 11.5 Å². The van der Waals surface area contributed by atoms with Gasteiger partial charge in [-0.3, -0.25) is 0 Å². The van der Waals surface area contributed by atoms with Gasteiger partial charge < -0.3 is 15.2 Å². The van der Waals surface area contributed by atoms with Gasteiger partial charge in [-0.2, -0.15) is 0 Å². The van der Waals surface area contributed by atoms with Crippen LogP contribution in [0, 0.1) is 0 Å². The summed E-state index contributed by atoms with van der Waals surface area (Å²) in [6.07, 6.45) is 0. The summed E-state index contributed by atoms with van der Waals surface area (Å²) in [5, 5.41) is 0. The van der Waals surface area contributed by atoms with Crippen LogP contribution in [0.5, 0.6) is 11.5 Å². The largest absolute Gasteiger partial charge is 0.496 e. The lowest BCUT2D eigenvalue weighted by molar-refractivity contribution is 0.381. The first-order valence-electron chi connectivity index (χ1n) is 6.50. The topological polar surface area (TPSA) is 44.5 Å². The van der Waals surface area contributed by atoms with E-state index in [1.807, 2.05) is 30.3 Å². The average Bonchev–Trinajstić information content (AvgIpc) is 2.53. The maximum atomic E-state index is 6.34. The van der Waals surface area contributed by atoms with Gasteiger partial charge in [0, 0.05) is 21.2 Å². The molecule has 112 valence electrons. The van der Waals surface area contributed by atoms with Crippen LogP contribution in [0.15, 0.2) is 51.8 Å². The SMILES string of the molecule is COc1cccc(OC)c1C(N)CSc1ccc(Br)cc1. The van der Waals surface area contributed by atoms with Crippen molar-refractivity contribution in [1.82, 2.24) is 0 Å². The van der Waals surface area contributed by atoms with Gasteiger partial charge in [-0.15, -0.1) is 11.8 Å². The lowest BCUT2D eigenvalue weighted by Gasteiger charge is -2.18. The Labute approximate surface area is 138 Å². The molecule has 0 saturated carbocycles. The van der Waals surface area contributed by atoms with E-state index < -0.39 is 0 Å². The third kappa shape index (κ3) is 4.15.